The highest BCUT2D eigenvalue weighted by Crippen LogP contribution is 2.25. The van der Waals surface area contributed by atoms with Crippen molar-refractivity contribution in [3.05, 3.63) is 101 Å². The van der Waals surface area contributed by atoms with E-state index in [0.717, 1.165) is 22.4 Å². The quantitative estimate of drug-likeness (QED) is 0.314. The fraction of sp³-hybridized carbons (Fsp3) is 0.0417. The number of imidazole rings is 1. The lowest BCUT2D eigenvalue weighted by Crippen LogP contribution is -2.10. The van der Waals surface area contributed by atoms with Gasteiger partial charge in [-0.05, 0) is 54.1 Å². The molecule has 0 atom stereocenters. The van der Waals surface area contributed by atoms with Gasteiger partial charge in [0, 0.05) is 12.1 Å². The SMILES string of the molecule is O=C(Nc1ccc(C(=O)Nc2ccc3nc(Cc4ccccc4F)[nH]c3c2)s1)c1ccco1. The van der Waals surface area contributed by atoms with Gasteiger partial charge >= 0.3 is 0 Å². The first-order valence-electron chi connectivity index (χ1n) is 10.0. The molecule has 0 aliphatic heterocycles. The Bertz CT molecular complexity index is 1460. The minimum absolute atomic E-state index is 0.191. The third-order valence-corrected chi connectivity index (χ3v) is 5.92. The van der Waals surface area contributed by atoms with Crippen LogP contribution in [-0.4, -0.2) is 21.8 Å². The molecular formula is C24H17FN4O3S. The number of rotatable bonds is 6. The molecule has 0 bridgehead atoms. The third kappa shape index (κ3) is 4.53. The molecule has 0 aliphatic rings. The number of benzene rings is 2. The highest BCUT2D eigenvalue weighted by atomic mass is 32.1. The molecule has 0 aliphatic carbocycles. The van der Waals surface area contributed by atoms with Gasteiger partial charge in [0.1, 0.15) is 11.6 Å². The molecule has 33 heavy (non-hydrogen) atoms. The van der Waals surface area contributed by atoms with Crippen LogP contribution in [0.3, 0.4) is 0 Å². The molecule has 0 fully saturated rings. The number of halogens is 1. The molecule has 3 aromatic heterocycles. The standard InChI is InChI=1S/C24H17FN4O3S/c25-16-5-2-1-4-14(16)12-21-27-17-8-7-15(13-18(17)28-21)26-24(31)20-9-10-22(33-20)29-23(30)19-6-3-11-32-19/h1-11,13H,12H2,(H,26,31)(H,27,28)(H,29,30). The number of amides is 2. The summed E-state index contributed by atoms with van der Waals surface area (Å²) in [5.41, 5.74) is 2.59. The van der Waals surface area contributed by atoms with E-state index in [2.05, 4.69) is 20.6 Å². The number of anilines is 2. The second-order valence-corrected chi connectivity index (χ2v) is 8.32. The number of hydrogen-bond donors (Lipinski definition) is 3. The van der Waals surface area contributed by atoms with E-state index < -0.39 is 0 Å². The van der Waals surface area contributed by atoms with Crippen LogP contribution in [0.25, 0.3) is 11.0 Å². The van der Waals surface area contributed by atoms with Crippen molar-refractivity contribution in [1.29, 1.82) is 0 Å². The van der Waals surface area contributed by atoms with Crippen molar-refractivity contribution in [3.8, 4) is 0 Å². The van der Waals surface area contributed by atoms with Crippen molar-refractivity contribution in [1.82, 2.24) is 9.97 Å². The van der Waals surface area contributed by atoms with E-state index in [1.165, 1.54) is 12.3 Å². The molecular weight excluding hydrogens is 443 g/mol. The zero-order valence-electron chi connectivity index (χ0n) is 17.1. The van der Waals surface area contributed by atoms with Crippen LogP contribution in [0.2, 0.25) is 0 Å². The number of H-pyrrole nitrogens is 1. The Kier molecular flexibility index (Phi) is 5.45. The summed E-state index contributed by atoms with van der Waals surface area (Å²) in [5.74, 6) is -0.138. The van der Waals surface area contributed by atoms with E-state index in [-0.39, 0.29) is 23.4 Å². The minimum atomic E-state index is -0.385. The van der Waals surface area contributed by atoms with Crippen molar-refractivity contribution in [2.24, 2.45) is 0 Å². The number of nitrogens with zero attached hydrogens (tertiary/aromatic N) is 1. The fourth-order valence-electron chi connectivity index (χ4n) is 3.35. The van der Waals surface area contributed by atoms with Crippen LogP contribution in [0, 0.1) is 5.82 Å². The third-order valence-electron chi connectivity index (χ3n) is 4.92. The Hall–Kier alpha value is -4.24. The number of fused-ring (bicyclic) bond motifs is 1. The van der Waals surface area contributed by atoms with Crippen LogP contribution in [0.4, 0.5) is 15.1 Å². The summed E-state index contributed by atoms with van der Waals surface area (Å²) in [5, 5.41) is 6.08. The molecule has 2 aromatic carbocycles. The highest BCUT2D eigenvalue weighted by molar-refractivity contribution is 7.18. The molecule has 0 unspecified atom stereocenters. The molecule has 5 aromatic rings. The van der Waals surface area contributed by atoms with Gasteiger partial charge in [-0.3, -0.25) is 9.59 Å². The molecule has 2 amide bonds. The summed E-state index contributed by atoms with van der Waals surface area (Å²) in [4.78, 5) is 32.9. The van der Waals surface area contributed by atoms with Crippen LogP contribution in [0.1, 0.15) is 31.6 Å². The van der Waals surface area contributed by atoms with Crippen LogP contribution in [0.15, 0.2) is 77.4 Å². The molecule has 164 valence electrons. The van der Waals surface area contributed by atoms with Crippen molar-refractivity contribution >= 4 is 44.9 Å². The minimum Gasteiger partial charge on any atom is -0.459 e. The Balaban J connectivity index is 1.27. The van der Waals surface area contributed by atoms with E-state index in [9.17, 15) is 14.0 Å². The molecule has 7 nitrogen and oxygen atoms in total. The summed E-state index contributed by atoms with van der Waals surface area (Å²) < 4.78 is 19.0. The largest absolute Gasteiger partial charge is 0.459 e. The van der Waals surface area contributed by atoms with Gasteiger partial charge in [-0.2, -0.15) is 0 Å². The van der Waals surface area contributed by atoms with E-state index in [1.807, 2.05) is 0 Å². The number of carbonyl (C=O) groups is 2. The number of hydrogen-bond acceptors (Lipinski definition) is 5. The van der Waals surface area contributed by atoms with Gasteiger partial charge < -0.3 is 20.0 Å². The fourth-order valence-corrected chi connectivity index (χ4v) is 4.14. The number of aromatic amines is 1. The first kappa shape index (κ1) is 20.7. The van der Waals surface area contributed by atoms with E-state index in [4.69, 9.17) is 4.42 Å². The van der Waals surface area contributed by atoms with Crippen LogP contribution in [0.5, 0.6) is 0 Å². The van der Waals surface area contributed by atoms with Gasteiger partial charge in [0.2, 0.25) is 0 Å². The molecule has 9 heteroatoms. The highest BCUT2D eigenvalue weighted by Gasteiger charge is 2.14. The van der Waals surface area contributed by atoms with Crippen molar-refractivity contribution in [3.63, 3.8) is 0 Å². The lowest BCUT2D eigenvalue weighted by Gasteiger charge is -2.03. The van der Waals surface area contributed by atoms with E-state index in [1.54, 1.807) is 60.7 Å². The molecule has 5 rings (SSSR count). The van der Waals surface area contributed by atoms with Crippen LogP contribution in [-0.2, 0) is 6.42 Å². The van der Waals surface area contributed by atoms with Crippen molar-refractivity contribution < 1.29 is 18.4 Å². The molecule has 3 N–H and O–H groups in total. The number of aromatic nitrogens is 2. The maximum absolute atomic E-state index is 13.9. The van der Waals surface area contributed by atoms with Crippen LogP contribution < -0.4 is 10.6 Å². The molecule has 0 spiro atoms. The zero-order chi connectivity index (χ0) is 22.8. The summed E-state index contributed by atoms with van der Waals surface area (Å²) in [6, 6.07) is 18.4. The summed E-state index contributed by atoms with van der Waals surface area (Å²) in [6.45, 7) is 0. The van der Waals surface area contributed by atoms with Gasteiger partial charge in [-0.25, -0.2) is 9.37 Å². The smallest absolute Gasteiger partial charge is 0.291 e. The topological polar surface area (TPSA) is 100 Å². The maximum atomic E-state index is 13.9. The average Bonchev–Trinajstić information content (AvgIpc) is 3.56. The summed E-state index contributed by atoms with van der Waals surface area (Å²) >= 11 is 1.15. The number of thiophene rings is 1. The van der Waals surface area contributed by atoms with Gasteiger partial charge in [-0.15, -0.1) is 11.3 Å². The van der Waals surface area contributed by atoms with Gasteiger partial charge in [0.05, 0.1) is 27.2 Å². The molecule has 0 saturated carbocycles. The van der Waals surface area contributed by atoms with Gasteiger partial charge in [0.15, 0.2) is 5.76 Å². The summed E-state index contributed by atoms with van der Waals surface area (Å²) in [7, 11) is 0. The number of nitrogens with one attached hydrogen (secondary N) is 3. The Morgan fingerprint density at radius 2 is 1.88 bits per heavy atom. The first-order chi connectivity index (χ1) is 16.0. The molecule has 0 radical (unpaired) electrons. The Morgan fingerprint density at radius 1 is 1.00 bits per heavy atom. The van der Waals surface area contributed by atoms with Gasteiger partial charge in [0.25, 0.3) is 11.8 Å². The second-order valence-electron chi connectivity index (χ2n) is 7.23. The Morgan fingerprint density at radius 3 is 2.70 bits per heavy atom. The monoisotopic (exact) mass is 460 g/mol. The number of furan rings is 1. The van der Waals surface area contributed by atoms with Gasteiger partial charge in [-0.1, -0.05) is 18.2 Å². The van der Waals surface area contributed by atoms with Crippen molar-refractivity contribution in [2.45, 2.75) is 6.42 Å². The summed E-state index contributed by atoms with van der Waals surface area (Å²) in [6.07, 6.45) is 1.76. The van der Waals surface area contributed by atoms with E-state index in [0.29, 0.717) is 33.4 Å². The predicted molar refractivity (Wildman–Crippen MR) is 124 cm³/mol. The lowest BCUT2D eigenvalue weighted by molar-refractivity contribution is 0.0995. The second kappa shape index (κ2) is 8.71. The predicted octanol–water partition coefficient (Wildman–Crippen LogP) is 5.45. The maximum Gasteiger partial charge on any atom is 0.291 e. The molecule has 0 saturated heterocycles. The normalized spacial score (nSPS) is 10.9. The zero-order valence-corrected chi connectivity index (χ0v) is 17.9. The molecule has 3 heterocycles. The van der Waals surface area contributed by atoms with Crippen LogP contribution >= 0.6 is 11.3 Å². The Labute approximate surface area is 191 Å². The number of carbonyl (C=O) groups excluding carboxylic acids is 2. The van der Waals surface area contributed by atoms with Crippen molar-refractivity contribution in [2.75, 3.05) is 10.6 Å². The average molecular weight is 460 g/mol. The lowest BCUT2D eigenvalue weighted by atomic mass is 10.1. The first-order valence-corrected chi connectivity index (χ1v) is 10.8. The van der Waals surface area contributed by atoms with E-state index >= 15 is 0 Å².